The van der Waals surface area contributed by atoms with E-state index in [9.17, 15) is 4.39 Å². The molecule has 2 aromatic carbocycles. The maximum Gasteiger partial charge on any atom is 0.159 e. The Morgan fingerprint density at radius 3 is 2.36 bits per heavy atom. The number of rotatable bonds is 3. The average molecular weight is 309 g/mol. The lowest BCUT2D eigenvalue weighted by molar-refractivity contribution is 0.627. The molecule has 0 radical (unpaired) electrons. The first-order chi connectivity index (χ1) is 10.7. The predicted molar refractivity (Wildman–Crippen MR) is 85.5 cm³/mol. The molecule has 3 rings (SSSR count). The molecule has 0 aliphatic carbocycles. The standard InChI is InChI=1S/C17H12FN3S/c1-22-16-8-2-12(3-9-16)17-20-14(10-19)11-21(17)15-6-4-13(18)5-7-15/h2-9,11H,1H3. The van der Waals surface area contributed by atoms with Crippen molar-refractivity contribution in [1.82, 2.24) is 9.55 Å². The molecule has 3 nitrogen and oxygen atoms in total. The van der Waals surface area contributed by atoms with Gasteiger partial charge in [0.2, 0.25) is 0 Å². The van der Waals surface area contributed by atoms with Gasteiger partial charge in [-0.1, -0.05) is 12.1 Å². The van der Waals surface area contributed by atoms with Crippen LogP contribution < -0.4 is 0 Å². The van der Waals surface area contributed by atoms with E-state index in [1.165, 1.54) is 12.1 Å². The molecule has 0 unspecified atom stereocenters. The Balaban J connectivity index is 2.12. The van der Waals surface area contributed by atoms with Crippen molar-refractivity contribution in [3.63, 3.8) is 0 Å². The highest BCUT2D eigenvalue weighted by Gasteiger charge is 2.11. The highest BCUT2D eigenvalue weighted by atomic mass is 32.2. The lowest BCUT2D eigenvalue weighted by atomic mass is 10.2. The van der Waals surface area contributed by atoms with Gasteiger partial charge in [-0.15, -0.1) is 11.8 Å². The van der Waals surface area contributed by atoms with Crippen LogP contribution in [-0.2, 0) is 0 Å². The van der Waals surface area contributed by atoms with Gasteiger partial charge in [-0.05, 0) is 42.7 Å². The zero-order valence-corrected chi connectivity index (χ0v) is 12.6. The van der Waals surface area contributed by atoms with Gasteiger partial charge >= 0.3 is 0 Å². The van der Waals surface area contributed by atoms with E-state index in [4.69, 9.17) is 5.26 Å². The summed E-state index contributed by atoms with van der Waals surface area (Å²) < 4.78 is 14.9. The van der Waals surface area contributed by atoms with Crippen molar-refractivity contribution < 1.29 is 4.39 Å². The largest absolute Gasteiger partial charge is 0.298 e. The Morgan fingerprint density at radius 1 is 1.09 bits per heavy atom. The Labute approximate surface area is 132 Å². The van der Waals surface area contributed by atoms with Crippen LogP contribution in [0.2, 0.25) is 0 Å². The Hall–Kier alpha value is -2.58. The Bertz CT molecular complexity index is 830. The van der Waals surface area contributed by atoms with Crippen LogP contribution >= 0.6 is 11.8 Å². The molecular formula is C17H12FN3S. The fourth-order valence-electron chi connectivity index (χ4n) is 2.18. The number of aromatic nitrogens is 2. The van der Waals surface area contributed by atoms with Crippen LogP contribution in [0, 0.1) is 17.1 Å². The van der Waals surface area contributed by atoms with Gasteiger partial charge in [0.15, 0.2) is 5.69 Å². The lowest BCUT2D eigenvalue weighted by Gasteiger charge is -2.08. The van der Waals surface area contributed by atoms with E-state index in [1.807, 2.05) is 30.5 Å². The molecule has 0 aliphatic rings. The zero-order valence-electron chi connectivity index (χ0n) is 11.8. The maximum atomic E-state index is 13.1. The van der Waals surface area contributed by atoms with Crippen molar-refractivity contribution in [2.75, 3.05) is 6.26 Å². The fourth-order valence-corrected chi connectivity index (χ4v) is 2.58. The second-order valence-electron chi connectivity index (χ2n) is 4.64. The first-order valence-corrected chi connectivity index (χ1v) is 7.83. The number of nitriles is 1. The molecular weight excluding hydrogens is 297 g/mol. The minimum atomic E-state index is -0.296. The van der Waals surface area contributed by atoms with Crippen LogP contribution in [-0.4, -0.2) is 15.8 Å². The van der Waals surface area contributed by atoms with Crippen molar-refractivity contribution in [2.45, 2.75) is 4.90 Å². The van der Waals surface area contributed by atoms with E-state index in [0.29, 0.717) is 11.5 Å². The smallest absolute Gasteiger partial charge is 0.159 e. The van der Waals surface area contributed by atoms with Crippen molar-refractivity contribution >= 4 is 11.8 Å². The molecule has 1 aromatic heterocycles. The van der Waals surface area contributed by atoms with Crippen LogP contribution in [0.5, 0.6) is 0 Å². The summed E-state index contributed by atoms with van der Waals surface area (Å²) in [4.78, 5) is 5.51. The summed E-state index contributed by atoms with van der Waals surface area (Å²) >= 11 is 1.66. The predicted octanol–water partition coefficient (Wildman–Crippen LogP) is 4.27. The van der Waals surface area contributed by atoms with E-state index in [0.717, 1.165) is 16.1 Å². The minimum absolute atomic E-state index is 0.296. The second kappa shape index (κ2) is 6.04. The van der Waals surface area contributed by atoms with Crippen molar-refractivity contribution in [3.05, 3.63) is 66.2 Å². The highest BCUT2D eigenvalue weighted by molar-refractivity contribution is 7.98. The van der Waals surface area contributed by atoms with Crippen molar-refractivity contribution in [1.29, 1.82) is 5.26 Å². The molecule has 22 heavy (non-hydrogen) atoms. The quantitative estimate of drug-likeness (QED) is 0.678. The molecule has 0 atom stereocenters. The summed E-state index contributed by atoms with van der Waals surface area (Å²) in [6, 6.07) is 16.1. The molecule has 3 aromatic rings. The monoisotopic (exact) mass is 309 g/mol. The molecule has 0 N–H and O–H groups in total. The van der Waals surface area contributed by atoms with Gasteiger partial charge in [0.1, 0.15) is 17.7 Å². The van der Waals surface area contributed by atoms with Gasteiger partial charge in [0, 0.05) is 22.3 Å². The third-order valence-electron chi connectivity index (χ3n) is 3.27. The van der Waals surface area contributed by atoms with Crippen LogP contribution in [0.25, 0.3) is 17.1 Å². The van der Waals surface area contributed by atoms with Gasteiger partial charge in [-0.25, -0.2) is 9.37 Å². The molecule has 0 amide bonds. The number of hydrogen-bond donors (Lipinski definition) is 0. The number of imidazole rings is 1. The van der Waals surface area contributed by atoms with E-state index in [2.05, 4.69) is 11.1 Å². The van der Waals surface area contributed by atoms with Gasteiger partial charge in [-0.2, -0.15) is 5.26 Å². The normalized spacial score (nSPS) is 10.4. The first-order valence-electron chi connectivity index (χ1n) is 6.61. The summed E-state index contributed by atoms with van der Waals surface area (Å²) in [6.45, 7) is 0. The topological polar surface area (TPSA) is 41.6 Å². The molecule has 0 aliphatic heterocycles. The molecule has 5 heteroatoms. The van der Waals surface area contributed by atoms with E-state index in [-0.39, 0.29) is 5.82 Å². The van der Waals surface area contributed by atoms with Gasteiger partial charge in [0.05, 0.1) is 0 Å². The van der Waals surface area contributed by atoms with Crippen LogP contribution in [0.1, 0.15) is 5.69 Å². The van der Waals surface area contributed by atoms with Gasteiger partial charge in [-0.3, -0.25) is 4.57 Å². The number of benzene rings is 2. The third kappa shape index (κ3) is 2.74. The number of halogens is 1. The number of thioether (sulfide) groups is 1. The van der Waals surface area contributed by atoms with Gasteiger partial charge in [0.25, 0.3) is 0 Å². The van der Waals surface area contributed by atoms with E-state index >= 15 is 0 Å². The fraction of sp³-hybridized carbons (Fsp3) is 0.0588. The summed E-state index contributed by atoms with van der Waals surface area (Å²) in [6.07, 6.45) is 3.67. The molecule has 0 fully saturated rings. The average Bonchev–Trinajstić information content (AvgIpc) is 3.00. The minimum Gasteiger partial charge on any atom is -0.298 e. The molecule has 1 heterocycles. The van der Waals surface area contributed by atoms with Crippen LogP contribution in [0.4, 0.5) is 4.39 Å². The second-order valence-corrected chi connectivity index (χ2v) is 5.52. The highest BCUT2D eigenvalue weighted by Crippen LogP contribution is 2.25. The molecule has 0 bridgehead atoms. The lowest BCUT2D eigenvalue weighted by Crippen LogP contribution is -1.96. The van der Waals surface area contributed by atoms with Crippen molar-refractivity contribution in [2.24, 2.45) is 0 Å². The summed E-state index contributed by atoms with van der Waals surface area (Å²) in [7, 11) is 0. The van der Waals surface area contributed by atoms with E-state index < -0.39 is 0 Å². The maximum absolute atomic E-state index is 13.1. The summed E-state index contributed by atoms with van der Waals surface area (Å²) in [5.74, 6) is 0.367. The van der Waals surface area contributed by atoms with Crippen LogP contribution in [0.3, 0.4) is 0 Å². The summed E-state index contributed by atoms with van der Waals surface area (Å²) in [5.41, 5.74) is 2.00. The molecule has 0 saturated heterocycles. The van der Waals surface area contributed by atoms with Gasteiger partial charge < -0.3 is 0 Å². The molecule has 0 spiro atoms. The third-order valence-corrected chi connectivity index (χ3v) is 4.02. The zero-order chi connectivity index (χ0) is 15.5. The van der Waals surface area contributed by atoms with E-state index in [1.54, 1.807) is 34.7 Å². The first kappa shape index (κ1) is 14.4. The number of hydrogen-bond acceptors (Lipinski definition) is 3. The van der Waals surface area contributed by atoms with Crippen molar-refractivity contribution in [3.8, 4) is 23.1 Å². The SMILES string of the molecule is CSc1ccc(-c2nc(C#N)cn2-c2ccc(F)cc2)cc1. The molecule has 108 valence electrons. The van der Waals surface area contributed by atoms with Crippen LogP contribution in [0.15, 0.2) is 59.6 Å². The molecule has 0 saturated carbocycles. The Kier molecular flexibility index (Phi) is 3.94. The summed E-state index contributed by atoms with van der Waals surface area (Å²) in [5, 5.41) is 9.11. The number of nitrogens with zero attached hydrogens (tertiary/aromatic N) is 3. The Morgan fingerprint density at radius 2 is 1.77 bits per heavy atom.